The summed E-state index contributed by atoms with van der Waals surface area (Å²) < 4.78 is 20.6. The number of amides is 1. The quantitative estimate of drug-likeness (QED) is 0.741. The third-order valence-corrected chi connectivity index (χ3v) is 4.74. The molecule has 0 spiro atoms. The Morgan fingerprint density at radius 2 is 2.07 bits per heavy atom. The van der Waals surface area contributed by atoms with Crippen LogP contribution in [0.15, 0.2) is 42.5 Å². The summed E-state index contributed by atoms with van der Waals surface area (Å²) in [7, 11) is 0. The number of rotatable bonds is 3. The topological polar surface area (TPSA) is 69.0 Å². The van der Waals surface area contributed by atoms with E-state index in [9.17, 15) is 9.18 Å². The average Bonchev–Trinajstić information content (AvgIpc) is 3.08. The average molecular weight is 387 g/mol. The van der Waals surface area contributed by atoms with Crippen molar-refractivity contribution in [3.63, 3.8) is 0 Å². The van der Waals surface area contributed by atoms with E-state index in [-0.39, 0.29) is 30.1 Å². The van der Waals surface area contributed by atoms with E-state index in [2.05, 4.69) is 15.6 Å². The van der Waals surface area contributed by atoms with Gasteiger partial charge in [0.1, 0.15) is 11.9 Å². The van der Waals surface area contributed by atoms with Crippen LogP contribution in [0.3, 0.4) is 0 Å². The second-order valence-electron chi connectivity index (χ2n) is 6.33. The highest BCUT2D eigenvalue weighted by Gasteiger charge is 2.28. The zero-order valence-corrected chi connectivity index (χ0v) is 15.2. The zero-order chi connectivity index (χ0) is 19.0. The summed E-state index contributed by atoms with van der Waals surface area (Å²) in [6.07, 6.45) is -0.272. The van der Waals surface area contributed by atoms with Crippen LogP contribution in [0, 0.1) is 12.7 Å². The van der Waals surface area contributed by atoms with Crippen molar-refractivity contribution in [3.8, 4) is 0 Å². The first-order valence-corrected chi connectivity index (χ1v) is 8.76. The number of fused-ring (bicyclic) bond motifs is 1. The monoisotopic (exact) mass is 386 g/mol. The van der Waals surface area contributed by atoms with Crippen molar-refractivity contribution < 1.29 is 13.9 Å². The van der Waals surface area contributed by atoms with E-state index in [0.29, 0.717) is 22.9 Å². The van der Waals surface area contributed by atoms with Gasteiger partial charge in [-0.25, -0.2) is 9.07 Å². The number of nitrogens with zero attached hydrogens (tertiary/aromatic N) is 3. The number of benzene rings is 2. The van der Waals surface area contributed by atoms with Crippen LogP contribution in [0.5, 0.6) is 0 Å². The van der Waals surface area contributed by atoms with Crippen LogP contribution in [0.4, 0.5) is 10.1 Å². The third-order valence-electron chi connectivity index (χ3n) is 4.50. The number of hydrogen-bond acceptors (Lipinski definition) is 4. The van der Waals surface area contributed by atoms with Crippen molar-refractivity contribution in [1.82, 2.24) is 15.0 Å². The van der Waals surface area contributed by atoms with Gasteiger partial charge in [0.25, 0.3) is 5.91 Å². The number of ether oxygens (including phenoxy) is 1. The molecule has 3 aromatic rings. The van der Waals surface area contributed by atoms with Crippen LogP contribution in [0.25, 0.3) is 0 Å². The van der Waals surface area contributed by atoms with Crippen molar-refractivity contribution in [3.05, 3.63) is 75.8 Å². The summed E-state index contributed by atoms with van der Waals surface area (Å²) in [5.74, 6) is -0.670. The standard InChI is InChI=1S/C19H16ClFN4O2/c1-11-2-5-13(20)8-15(11)22-19(26)18-16-10-27-17(9-25(16)24-23-18)12-3-6-14(21)7-4-12/h2-8,17H,9-10H2,1H3,(H,22,26)/t17-/m1/s1. The Hall–Kier alpha value is -2.77. The number of aryl methyl sites for hydroxylation is 1. The minimum Gasteiger partial charge on any atom is -0.365 e. The Bertz CT molecular complexity index is 1000. The Morgan fingerprint density at radius 1 is 1.30 bits per heavy atom. The molecule has 8 heteroatoms. The molecular formula is C19H16ClFN4O2. The molecule has 2 aromatic carbocycles. The van der Waals surface area contributed by atoms with Crippen molar-refractivity contribution in [2.75, 3.05) is 5.32 Å². The Balaban J connectivity index is 1.53. The van der Waals surface area contributed by atoms with E-state index in [4.69, 9.17) is 16.3 Å². The van der Waals surface area contributed by atoms with E-state index in [1.54, 1.807) is 28.9 Å². The minimum absolute atomic E-state index is 0.187. The molecule has 138 valence electrons. The fourth-order valence-corrected chi connectivity index (χ4v) is 3.15. The smallest absolute Gasteiger partial charge is 0.278 e. The normalized spacial score (nSPS) is 16.0. The highest BCUT2D eigenvalue weighted by Crippen LogP contribution is 2.28. The highest BCUT2D eigenvalue weighted by atomic mass is 35.5. The van der Waals surface area contributed by atoms with Gasteiger partial charge >= 0.3 is 0 Å². The molecular weight excluding hydrogens is 371 g/mol. The molecule has 1 aliphatic rings. The molecule has 1 N–H and O–H groups in total. The lowest BCUT2D eigenvalue weighted by atomic mass is 10.1. The summed E-state index contributed by atoms with van der Waals surface area (Å²) in [5.41, 5.74) is 3.17. The largest absolute Gasteiger partial charge is 0.365 e. The van der Waals surface area contributed by atoms with E-state index in [1.165, 1.54) is 12.1 Å². The van der Waals surface area contributed by atoms with Crippen molar-refractivity contribution >= 4 is 23.2 Å². The predicted octanol–water partition coefficient (Wildman–Crippen LogP) is 3.90. The number of halogens is 2. The SMILES string of the molecule is Cc1ccc(Cl)cc1NC(=O)c1nnn2c1CO[C@@H](c1ccc(F)cc1)C2. The number of aromatic nitrogens is 3. The number of carbonyl (C=O) groups excluding carboxylic acids is 1. The molecule has 0 radical (unpaired) electrons. The number of carbonyl (C=O) groups is 1. The lowest BCUT2D eigenvalue weighted by molar-refractivity contribution is -0.00174. The molecule has 1 aromatic heterocycles. The molecule has 1 atom stereocenters. The summed E-state index contributed by atoms with van der Waals surface area (Å²) in [6.45, 7) is 2.47. The first-order valence-electron chi connectivity index (χ1n) is 8.38. The number of anilines is 1. The van der Waals surface area contributed by atoms with Crippen molar-refractivity contribution in [1.29, 1.82) is 0 Å². The van der Waals surface area contributed by atoms with Crippen LogP contribution in [-0.4, -0.2) is 20.9 Å². The van der Waals surface area contributed by atoms with E-state index < -0.39 is 0 Å². The molecule has 2 heterocycles. The van der Waals surface area contributed by atoms with Crippen molar-refractivity contribution in [2.45, 2.75) is 26.2 Å². The van der Waals surface area contributed by atoms with Gasteiger partial charge < -0.3 is 10.1 Å². The molecule has 0 unspecified atom stereocenters. The fourth-order valence-electron chi connectivity index (χ4n) is 2.98. The molecule has 0 fully saturated rings. The van der Waals surface area contributed by atoms with Crippen molar-refractivity contribution in [2.24, 2.45) is 0 Å². The van der Waals surface area contributed by atoms with Crippen LogP contribution in [-0.2, 0) is 17.9 Å². The van der Waals surface area contributed by atoms with Gasteiger partial charge in [-0.15, -0.1) is 5.10 Å². The molecule has 0 aliphatic carbocycles. The molecule has 27 heavy (non-hydrogen) atoms. The zero-order valence-electron chi connectivity index (χ0n) is 14.4. The maximum Gasteiger partial charge on any atom is 0.278 e. The van der Waals surface area contributed by atoms with Gasteiger partial charge in [0.05, 0.1) is 18.8 Å². The van der Waals surface area contributed by atoms with Gasteiger partial charge in [0.2, 0.25) is 0 Å². The maximum atomic E-state index is 13.1. The minimum atomic E-state index is -0.370. The first kappa shape index (κ1) is 17.6. The summed E-state index contributed by atoms with van der Waals surface area (Å²) in [4.78, 5) is 12.6. The van der Waals surface area contributed by atoms with E-state index in [0.717, 1.165) is 11.1 Å². The van der Waals surface area contributed by atoms with Gasteiger partial charge in [-0.05, 0) is 42.3 Å². The van der Waals surface area contributed by atoms with Gasteiger partial charge in [-0.2, -0.15) is 0 Å². The molecule has 4 rings (SSSR count). The lowest BCUT2D eigenvalue weighted by Gasteiger charge is -2.24. The first-order chi connectivity index (χ1) is 13.0. The molecule has 0 bridgehead atoms. The second-order valence-corrected chi connectivity index (χ2v) is 6.77. The van der Waals surface area contributed by atoms with Crippen LogP contribution in [0.1, 0.15) is 33.4 Å². The van der Waals surface area contributed by atoms with E-state index in [1.807, 2.05) is 13.0 Å². The molecule has 0 saturated carbocycles. The second kappa shape index (κ2) is 7.09. The third kappa shape index (κ3) is 3.56. The van der Waals surface area contributed by atoms with Gasteiger partial charge in [0, 0.05) is 10.7 Å². The van der Waals surface area contributed by atoms with Gasteiger partial charge in [0.15, 0.2) is 5.69 Å². The fraction of sp³-hybridized carbons (Fsp3) is 0.211. The number of hydrogen-bond donors (Lipinski definition) is 1. The van der Waals surface area contributed by atoms with Crippen LogP contribution in [0.2, 0.25) is 5.02 Å². The van der Waals surface area contributed by atoms with Crippen LogP contribution >= 0.6 is 11.6 Å². The predicted molar refractivity (Wildman–Crippen MR) is 98.1 cm³/mol. The number of nitrogens with one attached hydrogen (secondary N) is 1. The van der Waals surface area contributed by atoms with Gasteiger partial charge in [-0.3, -0.25) is 4.79 Å². The lowest BCUT2D eigenvalue weighted by Crippen LogP contribution is -2.24. The molecule has 0 saturated heterocycles. The summed E-state index contributed by atoms with van der Waals surface area (Å²) in [5, 5.41) is 11.4. The Labute approximate surface area is 159 Å². The molecule has 1 aliphatic heterocycles. The Morgan fingerprint density at radius 3 is 2.85 bits per heavy atom. The van der Waals surface area contributed by atoms with Crippen LogP contribution < -0.4 is 5.32 Å². The summed E-state index contributed by atoms with van der Waals surface area (Å²) in [6, 6.07) is 11.4. The molecule has 1 amide bonds. The molecule has 6 nitrogen and oxygen atoms in total. The summed E-state index contributed by atoms with van der Waals surface area (Å²) >= 11 is 6.00. The van der Waals surface area contributed by atoms with Gasteiger partial charge in [-0.1, -0.05) is 35.0 Å². The Kier molecular flexibility index (Phi) is 4.63. The van der Waals surface area contributed by atoms with E-state index >= 15 is 0 Å². The highest BCUT2D eigenvalue weighted by molar-refractivity contribution is 6.31. The maximum absolute atomic E-state index is 13.1.